The van der Waals surface area contributed by atoms with Crippen LogP contribution in [0, 0.1) is 0 Å². The lowest BCUT2D eigenvalue weighted by Gasteiger charge is -2.21. The fraction of sp³-hybridized carbons (Fsp3) is 0.412. The first-order chi connectivity index (χ1) is 10.5. The molecule has 1 unspecified atom stereocenters. The number of ketones is 1. The van der Waals surface area contributed by atoms with Crippen LogP contribution in [0.5, 0.6) is 0 Å². The number of hydrogen-bond donors (Lipinski definition) is 1. The molecule has 0 saturated heterocycles. The molecule has 0 bridgehead atoms. The minimum atomic E-state index is -4.07. The Bertz CT molecular complexity index is 574. The van der Waals surface area contributed by atoms with Crippen LogP contribution < -0.4 is 0 Å². The number of aliphatic hydroxyl groups is 1. The molecule has 1 aromatic carbocycles. The Kier molecular flexibility index (Phi) is 6.15. The first-order valence-electron chi connectivity index (χ1n) is 7.06. The van der Waals surface area contributed by atoms with E-state index in [9.17, 15) is 23.5 Å². The van der Waals surface area contributed by atoms with Crippen LogP contribution in [0.1, 0.15) is 32.8 Å². The summed E-state index contributed by atoms with van der Waals surface area (Å²) in [6, 6.07) is 8.48. The largest absolute Gasteiger partial charge is 0.460 e. The van der Waals surface area contributed by atoms with E-state index in [-0.39, 0.29) is 0 Å². The first-order valence-corrected chi connectivity index (χ1v) is 7.06. The third-order valence-electron chi connectivity index (χ3n) is 2.74. The number of alkyl halides is 2. The molecule has 6 heteroatoms. The normalized spacial score (nSPS) is 13.8. The first kappa shape index (κ1) is 19.0. The molecule has 0 aliphatic rings. The van der Waals surface area contributed by atoms with Gasteiger partial charge in [-0.3, -0.25) is 9.59 Å². The van der Waals surface area contributed by atoms with E-state index in [1.165, 1.54) is 6.08 Å². The Hall–Kier alpha value is -2.08. The van der Waals surface area contributed by atoms with Gasteiger partial charge in [0.2, 0.25) is 5.78 Å². The van der Waals surface area contributed by atoms with E-state index in [0.717, 1.165) is 6.08 Å². The lowest BCUT2D eigenvalue weighted by Crippen LogP contribution is -2.42. The lowest BCUT2D eigenvalue weighted by atomic mass is 10.0. The molecule has 23 heavy (non-hydrogen) atoms. The number of carbonyl (C=O) groups excluding carboxylic acids is 2. The van der Waals surface area contributed by atoms with Crippen molar-refractivity contribution in [1.82, 2.24) is 0 Å². The molecule has 0 aliphatic carbocycles. The molecule has 0 spiro atoms. The van der Waals surface area contributed by atoms with E-state index >= 15 is 0 Å². The van der Waals surface area contributed by atoms with Crippen molar-refractivity contribution in [3.05, 3.63) is 42.0 Å². The molecule has 1 atom stereocenters. The van der Waals surface area contributed by atoms with E-state index in [2.05, 4.69) is 0 Å². The Morgan fingerprint density at radius 3 is 2.30 bits per heavy atom. The zero-order chi connectivity index (χ0) is 17.7. The lowest BCUT2D eigenvalue weighted by molar-refractivity contribution is -0.166. The molecular weight excluding hydrogens is 306 g/mol. The number of carbonyl (C=O) groups is 2. The van der Waals surface area contributed by atoms with E-state index in [4.69, 9.17) is 4.74 Å². The third-order valence-corrected chi connectivity index (χ3v) is 2.74. The monoisotopic (exact) mass is 326 g/mol. The standard InChI is InChI=1S/C17H20F2O4/c1-16(2,3)23-15(22)11-14(21)17(18,19)13(20)10-9-12-7-5-4-6-8-12/h4-10,13,20H,11H2,1-3H3/b10-9+. The minimum Gasteiger partial charge on any atom is -0.460 e. The molecule has 1 rings (SSSR count). The second-order valence-corrected chi connectivity index (χ2v) is 6.02. The predicted molar refractivity (Wildman–Crippen MR) is 81.9 cm³/mol. The summed E-state index contributed by atoms with van der Waals surface area (Å²) in [6.45, 7) is 4.68. The Labute approximate surface area is 133 Å². The van der Waals surface area contributed by atoms with E-state index < -0.39 is 35.8 Å². The highest BCUT2D eigenvalue weighted by atomic mass is 19.3. The van der Waals surface area contributed by atoms with E-state index in [1.54, 1.807) is 51.1 Å². The SMILES string of the molecule is CC(C)(C)OC(=O)CC(=O)C(F)(F)C(O)/C=C/c1ccccc1. The topological polar surface area (TPSA) is 63.6 Å². The number of aliphatic hydroxyl groups excluding tert-OH is 1. The Morgan fingerprint density at radius 2 is 1.78 bits per heavy atom. The predicted octanol–water partition coefficient (Wildman–Crippen LogP) is 3.00. The average Bonchev–Trinajstić information content (AvgIpc) is 2.43. The van der Waals surface area contributed by atoms with Crippen molar-refractivity contribution in [3.8, 4) is 0 Å². The van der Waals surface area contributed by atoms with Gasteiger partial charge in [0.15, 0.2) is 0 Å². The number of hydrogen-bond acceptors (Lipinski definition) is 4. The van der Waals surface area contributed by atoms with Crippen LogP contribution in [0.2, 0.25) is 0 Å². The van der Waals surface area contributed by atoms with Gasteiger partial charge in [0.05, 0.1) is 0 Å². The van der Waals surface area contributed by atoms with Gasteiger partial charge in [0.1, 0.15) is 18.1 Å². The number of Topliss-reactive ketones (excluding diaryl/α,β-unsaturated/α-hetero) is 1. The maximum absolute atomic E-state index is 13.8. The second-order valence-electron chi connectivity index (χ2n) is 6.02. The maximum Gasteiger partial charge on any atom is 0.334 e. The molecule has 0 amide bonds. The smallest absolute Gasteiger partial charge is 0.334 e. The van der Waals surface area contributed by atoms with Crippen LogP contribution in [-0.4, -0.2) is 34.5 Å². The Balaban J connectivity index is 2.70. The van der Waals surface area contributed by atoms with Crippen LogP contribution in [0.3, 0.4) is 0 Å². The van der Waals surface area contributed by atoms with Crippen molar-refractivity contribution in [2.24, 2.45) is 0 Å². The van der Waals surface area contributed by atoms with Crippen LogP contribution >= 0.6 is 0 Å². The van der Waals surface area contributed by atoms with E-state index in [1.807, 2.05) is 0 Å². The molecule has 0 saturated carbocycles. The van der Waals surface area contributed by atoms with Crippen molar-refractivity contribution in [2.45, 2.75) is 44.8 Å². The minimum absolute atomic E-state index is 0.599. The highest BCUT2D eigenvalue weighted by Crippen LogP contribution is 2.24. The highest BCUT2D eigenvalue weighted by molar-refractivity contribution is 6.00. The van der Waals surface area contributed by atoms with Crippen molar-refractivity contribution >= 4 is 17.8 Å². The molecule has 0 fully saturated rings. The summed E-state index contributed by atoms with van der Waals surface area (Å²) in [4.78, 5) is 23.0. The van der Waals surface area contributed by atoms with Gasteiger partial charge in [-0.15, -0.1) is 0 Å². The zero-order valence-electron chi connectivity index (χ0n) is 13.3. The fourth-order valence-corrected chi connectivity index (χ4v) is 1.68. The van der Waals surface area contributed by atoms with Crippen molar-refractivity contribution < 1.29 is 28.2 Å². The van der Waals surface area contributed by atoms with Gasteiger partial charge in [-0.2, -0.15) is 8.78 Å². The van der Waals surface area contributed by atoms with Crippen LogP contribution in [0.15, 0.2) is 36.4 Å². The molecule has 0 radical (unpaired) electrons. The number of halogens is 2. The van der Waals surface area contributed by atoms with Gasteiger partial charge in [-0.1, -0.05) is 36.4 Å². The summed E-state index contributed by atoms with van der Waals surface area (Å²) < 4.78 is 32.5. The number of benzene rings is 1. The zero-order valence-corrected chi connectivity index (χ0v) is 13.3. The van der Waals surface area contributed by atoms with Gasteiger partial charge >= 0.3 is 11.9 Å². The van der Waals surface area contributed by atoms with Crippen LogP contribution in [-0.2, 0) is 14.3 Å². The molecule has 4 nitrogen and oxygen atoms in total. The third kappa shape index (κ3) is 6.28. The summed E-state index contributed by atoms with van der Waals surface area (Å²) >= 11 is 0. The summed E-state index contributed by atoms with van der Waals surface area (Å²) in [5.74, 6) is -6.80. The van der Waals surface area contributed by atoms with Crippen molar-refractivity contribution in [1.29, 1.82) is 0 Å². The van der Waals surface area contributed by atoms with Gasteiger partial charge in [-0.05, 0) is 32.4 Å². The molecule has 0 heterocycles. The summed E-state index contributed by atoms with van der Waals surface area (Å²) in [7, 11) is 0. The van der Waals surface area contributed by atoms with Gasteiger partial charge < -0.3 is 9.84 Å². The molecule has 0 aromatic heterocycles. The number of rotatable bonds is 6. The van der Waals surface area contributed by atoms with E-state index in [0.29, 0.717) is 5.56 Å². The molecule has 1 N–H and O–H groups in total. The molecule has 126 valence electrons. The summed E-state index contributed by atoms with van der Waals surface area (Å²) in [5.41, 5.74) is -0.277. The number of esters is 1. The summed E-state index contributed by atoms with van der Waals surface area (Å²) in [6.07, 6.45) is -1.32. The highest BCUT2D eigenvalue weighted by Gasteiger charge is 2.46. The maximum atomic E-state index is 13.8. The van der Waals surface area contributed by atoms with Crippen molar-refractivity contribution in [2.75, 3.05) is 0 Å². The van der Waals surface area contributed by atoms with Crippen LogP contribution in [0.4, 0.5) is 8.78 Å². The summed E-state index contributed by atoms with van der Waals surface area (Å²) in [5, 5.41) is 9.54. The fourth-order valence-electron chi connectivity index (χ4n) is 1.68. The Morgan fingerprint density at radius 1 is 1.22 bits per heavy atom. The van der Waals surface area contributed by atoms with Gasteiger partial charge in [0.25, 0.3) is 0 Å². The van der Waals surface area contributed by atoms with Crippen LogP contribution in [0.25, 0.3) is 6.08 Å². The van der Waals surface area contributed by atoms with Crippen molar-refractivity contribution in [3.63, 3.8) is 0 Å². The average molecular weight is 326 g/mol. The van der Waals surface area contributed by atoms with Gasteiger partial charge in [0, 0.05) is 0 Å². The quantitative estimate of drug-likeness (QED) is 0.645. The molecule has 1 aromatic rings. The molecule has 0 aliphatic heterocycles. The second kappa shape index (κ2) is 7.46. The number of ether oxygens (including phenoxy) is 1. The van der Waals surface area contributed by atoms with Gasteiger partial charge in [-0.25, -0.2) is 0 Å². The molecular formula is C17H20F2O4.